The standard InChI is InChI=1S/C26H26ClN3O5/c1-5-32-23-14-19(12-20(15-28)26(31)29-24-11-18(4)35-30-24)13-21(27)25(23)34-9-8-33-22-7-6-16(2)10-17(22)3/h6-7,10-14H,5,8-9H2,1-4H3,(H,29,30,31)/b20-12-. The molecule has 3 aromatic rings. The number of nitriles is 1. The van der Waals surface area contributed by atoms with Crippen LogP contribution in [0.25, 0.3) is 6.08 Å². The maximum Gasteiger partial charge on any atom is 0.267 e. The zero-order valence-corrected chi connectivity index (χ0v) is 20.7. The number of nitrogens with zero attached hydrogens (tertiary/aromatic N) is 2. The molecule has 1 amide bonds. The minimum Gasteiger partial charge on any atom is -0.490 e. The van der Waals surface area contributed by atoms with Crippen molar-refractivity contribution in [1.82, 2.24) is 5.16 Å². The molecule has 182 valence electrons. The van der Waals surface area contributed by atoms with E-state index in [-0.39, 0.29) is 23.0 Å². The Balaban J connectivity index is 1.72. The number of aromatic nitrogens is 1. The highest BCUT2D eigenvalue weighted by Crippen LogP contribution is 2.37. The van der Waals surface area contributed by atoms with Gasteiger partial charge in [0.2, 0.25) is 0 Å². The summed E-state index contributed by atoms with van der Waals surface area (Å²) in [5.74, 6) is 1.66. The number of benzene rings is 2. The average molecular weight is 496 g/mol. The Morgan fingerprint density at radius 2 is 1.89 bits per heavy atom. The van der Waals surface area contributed by atoms with E-state index in [1.165, 1.54) is 11.6 Å². The quantitative estimate of drug-likeness (QED) is 0.220. The summed E-state index contributed by atoms with van der Waals surface area (Å²) in [7, 11) is 0. The molecule has 0 bridgehead atoms. The second-order valence-electron chi connectivity index (χ2n) is 7.68. The fourth-order valence-electron chi connectivity index (χ4n) is 3.26. The van der Waals surface area contributed by atoms with Crippen molar-refractivity contribution in [3.05, 3.63) is 69.4 Å². The van der Waals surface area contributed by atoms with Gasteiger partial charge in [0.15, 0.2) is 17.3 Å². The van der Waals surface area contributed by atoms with Crippen LogP contribution in [0, 0.1) is 32.1 Å². The number of anilines is 1. The number of nitrogens with one attached hydrogen (secondary N) is 1. The number of amides is 1. The number of carbonyl (C=O) groups is 1. The predicted octanol–water partition coefficient (Wildman–Crippen LogP) is 5.66. The molecule has 0 spiro atoms. The van der Waals surface area contributed by atoms with Crippen LogP contribution in [0.1, 0.15) is 29.4 Å². The van der Waals surface area contributed by atoms with Gasteiger partial charge >= 0.3 is 0 Å². The van der Waals surface area contributed by atoms with E-state index in [1.807, 2.05) is 39.0 Å². The number of hydrogen-bond donors (Lipinski definition) is 1. The van der Waals surface area contributed by atoms with Crippen molar-refractivity contribution >= 4 is 29.4 Å². The summed E-state index contributed by atoms with van der Waals surface area (Å²) >= 11 is 6.47. The highest BCUT2D eigenvalue weighted by molar-refractivity contribution is 6.32. The van der Waals surface area contributed by atoms with Crippen LogP contribution in [0.4, 0.5) is 5.82 Å². The number of hydrogen-bond acceptors (Lipinski definition) is 7. The third-order valence-corrected chi connectivity index (χ3v) is 5.08. The third-order valence-electron chi connectivity index (χ3n) is 4.80. The Hall–Kier alpha value is -3.96. The van der Waals surface area contributed by atoms with Gasteiger partial charge in [0.05, 0.1) is 11.6 Å². The Kier molecular flexibility index (Phi) is 8.76. The molecule has 0 aliphatic heterocycles. The minimum absolute atomic E-state index is 0.139. The van der Waals surface area contributed by atoms with Crippen LogP contribution in [-0.2, 0) is 4.79 Å². The fourth-order valence-corrected chi connectivity index (χ4v) is 3.53. The predicted molar refractivity (Wildman–Crippen MR) is 133 cm³/mol. The molecular formula is C26H26ClN3O5. The van der Waals surface area contributed by atoms with Gasteiger partial charge in [-0.3, -0.25) is 4.79 Å². The molecule has 0 fully saturated rings. The largest absolute Gasteiger partial charge is 0.490 e. The topological polar surface area (TPSA) is 107 Å². The summed E-state index contributed by atoms with van der Waals surface area (Å²) in [5, 5.41) is 16.0. The lowest BCUT2D eigenvalue weighted by Gasteiger charge is -2.15. The van der Waals surface area contributed by atoms with Gasteiger partial charge in [-0.25, -0.2) is 0 Å². The van der Waals surface area contributed by atoms with Gasteiger partial charge in [-0.15, -0.1) is 0 Å². The second kappa shape index (κ2) is 12.0. The minimum atomic E-state index is -0.626. The summed E-state index contributed by atoms with van der Waals surface area (Å²) in [6.07, 6.45) is 1.41. The van der Waals surface area contributed by atoms with E-state index in [2.05, 4.69) is 16.5 Å². The molecule has 0 unspecified atom stereocenters. The first kappa shape index (κ1) is 25.7. The van der Waals surface area contributed by atoms with E-state index in [9.17, 15) is 10.1 Å². The first-order valence-electron chi connectivity index (χ1n) is 11.0. The SMILES string of the molecule is CCOc1cc(/C=C(/C#N)C(=O)Nc2cc(C)on2)cc(Cl)c1OCCOc1ccc(C)cc1C. The summed E-state index contributed by atoms with van der Waals surface area (Å²) in [6, 6.07) is 12.6. The van der Waals surface area contributed by atoms with Crippen LogP contribution in [0.5, 0.6) is 17.2 Å². The van der Waals surface area contributed by atoms with Crippen LogP contribution in [0.15, 0.2) is 46.5 Å². The Labute approximate surface area is 209 Å². The van der Waals surface area contributed by atoms with E-state index in [1.54, 1.807) is 25.1 Å². The van der Waals surface area contributed by atoms with Gasteiger partial charge in [0.1, 0.15) is 36.4 Å². The first-order valence-corrected chi connectivity index (χ1v) is 11.3. The molecule has 0 saturated heterocycles. The smallest absolute Gasteiger partial charge is 0.267 e. The van der Waals surface area contributed by atoms with Gasteiger partial charge in [0, 0.05) is 6.07 Å². The van der Waals surface area contributed by atoms with E-state index in [0.29, 0.717) is 36.0 Å². The van der Waals surface area contributed by atoms with Gasteiger partial charge < -0.3 is 24.1 Å². The molecule has 3 rings (SSSR count). The zero-order chi connectivity index (χ0) is 25.4. The van der Waals surface area contributed by atoms with Gasteiger partial charge in [-0.1, -0.05) is 34.5 Å². The maximum atomic E-state index is 12.5. The number of rotatable bonds is 10. The van der Waals surface area contributed by atoms with Crippen molar-refractivity contribution in [1.29, 1.82) is 5.26 Å². The lowest BCUT2D eigenvalue weighted by atomic mass is 10.1. The van der Waals surface area contributed by atoms with E-state index >= 15 is 0 Å². The van der Waals surface area contributed by atoms with Crippen molar-refractivity contribution < 1.29 is 23.5 Å². The molecule has 35 heavy (non-hydrogen) atoms. The number of aryl methyl sites for hydroxylation is 3. The fraction of sp³-hybridized carbons (Fsp3) is 0.269. The number of halogens is 1. The monoisotopic (exact) mass is 495 g/mol. The molecule has 9 heteroatoms. The molecule has 1 aromatic heterocycles. The van der Waals surface area contributed by atoms with E-state index in [4.69, 9.17) is 30.3 Å². The number of ether oxygens (including phenoxy) is 3. The van der Waals surface area contributed by atoms with Crippen LogP contribution < -0.4 is 19.5 Å². The molecule has 0 radical (unpaired) electrons. The molecule has 0 aliphatic rings. The Bertz CT molecular complexity index is 1280. The zero-order valence-electron chi connectivity index (χ0n) is 20.0. The molecular weight excluding hydrogens is 470 g/mol. The molecule has 0 saturated carbocycles. The van der Waals surface area contributed by atoms with Crippen molar-refractivity contribution in [2.45, 2.75) is 27.7 Å². The average Bonchev–Trinajstić information content (AvgIpc) is 3.22. The molecule has 0 aliphatic carbocycles. The molecule has 1 N–H and O–H groups in total. The van der Waals surface area contributed by atoms with Gasteiger partial charge in [-0.2, -0.15) is 5.26 Å². The second-order valence-corrected chi connectivity index (χ2v) is 8.08. The van der Waals surface area contributed by atoms with Gasteiger partial charge in [0.25, 0.3) is 5.91 Å². The molecule has 0 atom stereocenters. The van der Waals surface area contributed by atoms with E-state index < -0.39 is 5.91 Å². The summed E-state index contributed by atoms with van der Waals surface area (Å²) in [5.41, 5.74) is 2.57. The van der Waals surface area contributed by atoms with Crippen molar-refractivity contribution in [2.75, 3.05) is 25.1 Å². The van der Waals surface area contributed by atoms with Crippen LogP contribution in [0.2, 0.25) is 5.02 Å². The first-order chi connectivity index (χ1) is 16.8. The highest BCUT2D eigenvalue weighted by atomic mass is 35.5. The number of carbonyl (C=O) groups excluding carboxylic acids is 1. The maximum absolute atomic E-state index is 12.5. The molecule has 2 aromatic carbocycles. The van der Waals surface area contributed by atoms with Crippen LogP contribution in [0.3, 0.4) is 0 Å². The molecule has 1 heterocycles. The summed E-state index contributed by atoms with van der Waals surface area (Å²) < 4.78 is 22.3. The normalized spacial score (nSPS) is 11.0. The lowest BCUT2D eigenvalue weighted by molar-refractivity contribution is -0.112. The van der Waals surface area contributed by atoms with Crippen LogP contribution in [-0.4, -0.2) is 30.9 Å². The summed E-state index contributed by atoms with van der Waals surface area (Å²) in [4.78, 5) is 12.5. The highest BCUT2D eigenvalue weighted by Gasteiger charge is 2.16. The lowest BCUT2D eigenvalue weighted by Crippen LogP contribution is -2.13. The van der Waals surface area contributed by atoms with Crippen molar-refractivity contribution in [3.63, 3.8) is 0 Å². The van der Waals surface area contributed by atoms with Crippen molar-refractivity contribution in [2.24, 2.45) is 0 Å². The van der Waals surface area contributed by atoms with Crippen LogP contribution >= 0.6 is 11.6 Å². The molecule has 8 nitrogen and oxygen atoms in total. The summed E-state index contributed by atoms with van der Waals surface area (Å²) in [6.45, 7) is 8.47. The van der Waals surface area contributed by atoms with Gasteiger partial charge in [-0.05, 0) is 63.1 Å². The van der Waals surface area contributed by atoms with Crippen molar-refractivity contribution in [3.8, 4) is 23.3 Å². The third kappa shape index (κ3) is 7.01. The van der Waals surface area contributed by atoms with E-state index in [0.717, 1.165) is 11.3 Å². The Morgan fingerprint density at radius 1 is 1.11 bits per heavy atom. The Morgan fingerprint density at radius 3 is 2.54 bits per heavy atom.